The Labute approximate surface area is 202 Å². The summed E-state index contributed by atoms with van der Waals surface area (Å²) in [6, 6.07) is 18.1. The van der Waals surface area contributed by atoms with Gasteiger partial charge < -0.3 is 20.4 Å². The van der Waals surface area contributed by atoms with Crippen molar-refractivity contribution in [2.45, 2.75) is 88.6 Å². The van der Waals surface area contributed by atoms with Gasteiger partial charge in [0.1, 0.15) is 12.2 Å². The van der Waals surface area contributed by atoms with Gasteiger partial charge in [-0.25, -0.2) is 0 Å². The summed E-state index contributed by atoms with van der Waals surface area (Å²) in [6.45, 7) is 4.00. The summed E-state index contributed by atoms with van der Waals surface area (Å²) in [5, 5.41) is 42.9. The second-order valence-electron chi connectivity index (χ2n) is 8.92. The summed E-state index contributed by atoms with van der Waals surface area (Å²) in [7, 11) is 0. The largest absolute Gasteiger partial charge is 0.389 e. The molecule has 4 N–H and O–H groups in total. The Balaban J connectivity index is 2.18. The molecule has 2 rings (SSSR count). The number of Topliss-reactive ketones (excluding diaryl/α,β-unsaturated/α-hetero) is 2. The maximum absolute atomic E-state index is 12.8. The summed E-state index contributed by atoms with van der Waals surface area (Å²) < 4.78 is 0. The van der Waals surface area contributed by atoms with Crippen LogP contribution in [-0.4, -0.2) is 56.4 Å². The Morgan fingerprint density at radius 1 is 0.618 bits per heavy atom. The molecule has 0 saturated heterocycles. The lowest BCUT2D eigenvalue weighted by atomic mass is 9.82. The van der Waals surface area contributed by atoms with E-state index in [1.807, 2.05) is 26.0 Å². The van der Waals surface area contributed by atoms with Crippen molar-refractivity contribution in [3.8, 4) is 0 Å². The van der Waals surface area contributed by atoms with Crippen molar-refractivity contribution in [3.05, 3.63) is 71.8 Å². The molecule has 0 amide bonds. The van der Waals surface area contributed by atoms with Gasteiger partial charge in [-0.2, -0.15) is 0 Å². The number of aliphatic hydroxyl groups is 4. The molecule has 0 saturated carbocycles. The summed E-state index contributed by atoms with van der Waals surface area (Å²) in [6.07, 6.45) is -2.71. The van der Waals surface area contributed by atoms with E-state index < -0.39 is 47.8 Å². The molecule has 0 radical (unpaired) electrons. The van der Waals surface area contributed by atoms with Crippen LogP contribution in [0, 0.1) is 0 Å². The van der Waals surface area contributed by atoms with E-state index in [0.717, 1.165) is 36.8 Å². The monoisotopic (exact) mass is 470 g/mol. The predicted molar refractivity (Wildman–Crippen MR) is 131 cm³/mol. The van der Waals surface area contributed by atoms with Gasteiger partial charge in [0.05, 0.1) is 12.2 Å². The van der Waals surface area contributed by atoms with Gasteiger partial charge in [-0.05, 0) is 24.0 Å². The summed E-state index contributed by atoms with van der Waals surface area (Å²) in [5.74, 6) is -3.68. The molecule has 4 unspecified atom stereocenters. The number of hydrogen-bond acceptors (Lipinski definition) is 6. The van der Waals surface area contributed by atoms with Gasteiger partial charge in [0.25, 0.3) is 0 Å². The van der Waals surface area contributed by atoms with Crippen LogP contribution in [0.2, 0.25) is 0 Å². The number of aliphatic hydroxyl groups excluding tert-OH is 4. The number of carbonyl (C=O) groups excluding carboxylic acids is 2. The molecule has 0 spiro atoms. The molecule has 0 fully saturated rings. The smallest absolute Gasteiger partial charge is 0.232 e. The van der Waals surface area contributed by atoms with E-state index in [4.69, 9.17) is 0 Å². The number of rotatable bonds is 15. The fourth-order valence-electron chi connectivity index (χ4n) is 4.36. The Kier molecular flexibility index (Phi) is 11.6. The molecule has 34 heavy (non-hydrogen) atoms. The number of unbranched alkanes of at least 4 members (excludes halogenated alkanes) is 2. The van der Waals surface area contributed by atoms with Crippen molar-refractivity contribution < 1.29 is 30.0 Å². The van der Waals surface area contributed by atoms with Crippen molar-refractivity contribution in [1.29, 1.82) is 0 Å². The first-order valence-electron chi connectivity index (χ1n) is 12.2. The van der Waals surface area contributed by atoms with E-state index in [0.29, 0.717) is 12.8 Å². The fraction of sp³-hybridized carbons (Fsp3) is 0.500. The maximum Gasteiger partial charge on any atom is 0.232 e. The zero-order chi connectivity index (χ0) is 25.1. The standard InChI is InChI=1S/C28H38O6/c1-3-5-17-21(19-13-9-7-10-14-19)23(29)25(31)27(33)28(34)26(32)24(30)22(18-6-4-2)20-15-11-8-12-16-20/h7-16,21-26,29-32H,3-6,17-18H2,1-2H3/t21?,22?,23?,24?,25-,26+. The number of benzene rings is 2. The zero-order valence-electron chi connectivity index (χ0n) is 20.1. The third-order valence-electron chi connectivity index (χ3n) is 6.44. The van der Waals surface area contributed by atoms with E-state index in [1.165, 1.54) is 0 Å². The Morgan fingerprint density at radius 3 is 1.24 bits per heavy atom. The lowest BCUT2D eigenvalue weighted by Crippen LogP contribution is -2.48. The topological polar surface area (TPSA) is 115 Å². The highest BCUT2D eigenvalue weighted by atomic mass is 16.3. The van der Waals surface area contributed by atoms with Crippen molar-refractivity contribution in [2.24, 2.45) is 0 Å². The molecular weight excluding hydrogens is 432 g/mol. The Bertz CT molecular complexity index is 795. The predicted octanol–water partition coefficient (Wildman–Crippen LogP) is 3.52. The minimum atomic E-state index is -2.00. The van der Waals surface area contributed by atoms with Gasteiger partial charge in [0.15, 0.2) is 0 Å². The van der Waals surface area contributed by atoms with Gasteiger partial charge in [-0.1, -0.05) is 100 Å². The fourth-order valence-corrected chi connectivity index (χ4v) is 4.36. The molecule has 0 aliphatic rings. The van der Waals surface area contributed by atoms with E-state index >= 15 is 0 Å². The number of ketones is 2. The SMILES string of the molecule is CCCCC(c1ccccc1)C(O)[C@H](O)C(=O)C(=O)[C@H](O)C(O)C(CCCC)c1ccccc1. The first-order chi connectivity index (χ1) is 16.3. The minimum Gasteiger partial charge on any atom is -0.389 e. The molecule has 6 atom stereocenters. The second kappa shape index (κ2) is 14.1. The van der Waals surface area contributed by atoms with Gasteiger partial charge in [0.2, 0.25) is 11.6 Å². The Hall–Kier alpha value is -2.38. The van der Waals surface area contributed by atoms with Crippen LogP contribution >= 0.6 is 0 Å². The van der Waals surface area contributed by atoms with Crippen LogP contribution in [0.25, 0.3) is 0 Å². The normalized spacial score (nSPS) is 16.8. The molecule has 0 aliphatic heterocycles. The van der Waals surface area contributed by atoms with E-state index in [2.05, 4.69) is 0 Å². The van der Waals surface area contributed by atoms with Crippen molar-refractivity contribution in [2.75, 3.05) is 0 Å². The van der Waals surface area contributed by atoms with Gasteiger partial charge in [-0.3, -0.25) is 9.59 Å². The highest BCUT2D eigenvalue weighted by Crippen LogP contribution is 2.30. The molecule has 0 bridgehead atoms. The molecule has 6 heteroatoms. The summed E-state index contributed by atoms with van der Waals surface area (Å²) >= 11 is 0. The maximum atomic E-state index is 12.8. The lowest BCUT2D eigenvalue weighted by Gasteiger charge is -2.29. The second-order valence-corrected chi connectivity index (χ2v) is 8.92. The van der Waals surface area contributed by atoms with E-state index in [9.17, 15) is 30.0 Å². The van der Waals surface area contributed by atoms with E-state index in [1.54, 1.807) is 48.5 Å². The average Bonchev–Trinajstić information content (AvgIpc) is 2.88. The minimum absolute atomic E-state index is 0.526. The molecular formula is C28H38O6. The van der Waals surface area contributed by atoms with Crippen LogP contribution in [0.4, 0.5) is 0 Å². The first-order valence-corrected chi connectivity index (χ1v) is 12.2. The zero-order valence-corrected chi connectivity index (χ0v) is 20.1. The van der Waals surface area contributed by atoms with Crippen molar-refractivity contribution in [3.63, 3.8) is 0 Å². The van der Waals surface area contributed by atoms with Crippen LogP contribution in [-0.2, 0) is 9.59 Å². The van der Waals surface area contributed by atoms with E-state index in [-0.39, 0.29) is 0 Å². The van der Waals surface area contributed by atoms with Crippen LogP contribution in [0.15, 0.2) is 60.7 Å². The quantitative estimate of drug-likeness (QED) is 0.296. The third kappa shape index (κ3) is 7.31. The van der Waals surface area contributed by atoms with Crippen molar-refractivity contribution in [1.82, 2.24) is 0 Å². The third-order valence-corrected chi connectivity index (χ3v) is 6.44. The molecule has 6 nitrogen and oxygen atoms in total. The number of hydrogen-bond donors (Lipinski definition) is 4. The summed E-state index contributed by atoms with van der Waals surface area (Å²) in [4.78, 5) is 25.6. The van der Waals surface area contributed by atoms with Crippen LogP contribution in [0.3, 0.4) is 0 Å². The van der Waals surface area contributed by atoms with Crippen LogP contribution < -0.4 is 0 Å². The van der Waals surface area contributed by atoms with Crippen molar-refractivity contribution >= 4 is 11.6 Å². The molecule has 2 aromatic carbocycles. The molecule has 0 aromatic heterocycles. The first kappa shape index (κ1) is 27.9. The highest BCUT2D eigenvalue weighted by molar-refractivity contribution is 6.40. The molecule has 2 aromatic rings. The number of carbonyl (C=O) groups is 2. The van der Waals surface area contributed by atoms with Gasteiger partial charge in [-0.15, -0.1) is 0 Å². The average molecular weight is 471 g/mol. The van der Waals surface area contributed by atoms with Gasteiger partial charge in [0, 0.05) is 11.8 Å². The lowest BCUT2D eigenvalue weighted by molar-refractivity contribution is -0.153. The van der Waals surface area contributed by atoms with Gasteiger partial charge >= 0.3 is 0 Å². The molecule has 0 aliphatic carbocycles. The Morgan fingerprint density at radius 2 is 0.941 bits per heavy atom. The van der Waals surface area contributed by atoms with Crippen LogP contribution in [0.1, 0.15) is 75.3 Å². The van der Waals surface area contributed by atoms with Crippen LogP contribution in [0.5, 0.6) is 0 Å². The highest BCUT2D eigenvalue weighted by Gasteiger charge is 2.41. The molecule has 186 valence electrons. The summed E-state index contributed by atoms with van der Waals surface area (Å²) in [5.41, 5.74) is 1.51. The molecule has 0 heterocycles.